The molecule has 0 unspecified atom stereocenters. The molecule has 7 heteroatoms. The minimum absolute atomic E-state index is 0.179. The zero-order valence-electron chi connectivity index (χ0n) is 17.4. The van der Waals surface area contributed by atoms with E-state index in [9.17, 15) is 14.4 Å². The molecule has 0 saturated heterocycles. The van der Waals surface area contributed by atoms with Crippen molar-refractivity contribution in [1.29, 1.82) is 0 Å². The van der Waals surface area contributed by atoms with Crippen LogP contribution in [0.3, 0.4) is 0 Å². The Bertz CT molecular complexity index is 1370. The standard InChI is InChI=1S/C25H19NO6/c1-30-17-11-12-22-20(13-17)21(27)14-23(32-22)15-7-9-16(10-8-15)26-24(28)18-5-3-4-6-19(18)25(29)31-2/h3-14H,1-2H3,(H,26,28). The van der Waals surface area contributed by atoms with Crippen LogP contribution in [-0.2, 0) is 4.74 Å². The maximum Gasteiger partial charge on any atom is 0.338 e. The van der Waals surface area contributed by atoms with Gasteiger partial charge in [0.25, 0.3) is 5.91 Å². The number of amides is 1. The zero-order chi connectivity index (χ0) is 22.7. The van der Waals surface area contributed by atoms with E-state index in [4.69, 9.17) is 13.9 Å². The molecular formula is C25H19NO6. The number of rotatable bonds is 5. The molecule has 7 nitrogen and oxygen atoms in total. The highest BCUT2D eigenvalue weighted by Crippen LogP contribution is 2.26. The maximum absolute atomic E-state index is 12.7. The largest absolute Gasteiger partial charge is 0.497 e. The Hall–Kier alpha value is -4.39. The van der Waals surface area contributed by atoms with Gasteiger partial charge in [-0.25, -0.2) is 4.79 Å². The Balaban J connectivity index is 1.58. The van der Waals surface area contributed by atoms with Gasteiger partial charge in [-0.2, -0.15) is 0 Å². The summed E-state index contributed by atoms with van der Waals surface area (Å²) in [6.07, 6.45) is 0. The first kappa shape index (κ1) is 20.9. The third-order valence-corrected chi connectivity index (χ3v) is 4.94. The average Bonchev–Trinajstić information content (AvgIpc) is 2.83. The number of hydrogen-bond acceptors (Lipinski definition) is 6. The second-order valence-electron chi connectivity index (χ2n) is 6.91. The summed E-state index contributed by atoms with van der Waals surface area (Å²) in [4.78, 5) is 37.1. The van der Waals surface area contributed by atoms with Gasteiger partial charge in [0.05, 0.1) is 30.7 Å². The predicted octanol–water partition coefficient (Wildman–Crippen LogP) is 4.51. The Morgan fingerprint density at radius 2 is 1.59 bits per heavy atom. The number of carbonyl (C=O) groups is 2. The van der Waals surface area contributed by atoms with E-state index in [1.165, 1.54) is 26.4 Å². The van der Waals surface area contributed by atoms with Crippen LogP contribution < -0.4 is 15.5 Å². The number of nitrogens with one attached hydrogen (secondary N) is 1. The molecule has 1 amide bonds. The third-order valence-electron chi connectivity index (χ3n) is 4.94. The quantitative estimate of drug-likeness (QED) is 0.469. The number of ether oxygens (including phenoxy) is 2. The Morgan fingerprint density at radius 3 is 2.28 bits per heavy atom. The van der Waals surface area contributed by atoms with E-state index in [1.807, 2.05) is 0 Å². The SMILES string of the molecule is COC(=O)c1ccccc1C(=O)Nc1ccc(-c2cc(=O)c3cc(OC)ccc3o2)cc1. The van der Waals surface area contributed by atoms with Crippen LogP contribution in [0.2, 0.25) is 0 Å². The number of anilines is 1. The van der Waals surface area contributed by atoms with Crippen molar-refractivity contribution in [3.8, 4) is 17.1 Å². The van der Waals surface area contributed by atoms with Gasteiger partial charge >= 0.3 is 5.97 Å². The minimum atomic E-state index is -0.588. The van der Waals surface area contributed by atoms with Crippen LogP contribution in [0, 0.1) is 0 Å². The summed E-state index contributed by atoms with van der Waals surface area (Å²) in [6.45, 7) is 0. The lowest BCUT2D eigenvalue weighted by atomic mass is 10.1. The molecule has 0 saturated carbocycles. The van der Waals surface area contributed by atoms with Crippen LogP contribution in [0.15, 0.2) is 82.0 Å². The highest BCUT2D eigenvalue weighted by atomic mass is 16.5. The van der Waals surface area contributed by atoms with E-state index in [1.54, 1.807) is 60.7 Å². The van der Waals surface area contributed by atoms with E-state index in [2.05, 4.69) is 5.32 Å². The highest BCUT2D eigenvalue weighted by molar-refractivity contribution is 6.11. The summed E-state index contributed by atoms with van der Waals surface area (Å²) in [5, 5.41) is 3.19. The van der Waals surface area contributed by atoms with Crippen molar-refractivity contribution >= 4 is 28.5 Å². The fourth-order valence-electron chi connectivity index (χ4n) is 3.29. The number of fused-ring (bicyclic) bond motifs is 1. The monoisotopic (exact) mass is 429 g/mol. The number of benzene rings is 3. The highest BCUT2D eigenvalue weighted by Gasteiger charge is 2.17. The van der Waals surface area contributed by atoms with Gasteiger partial charge in [0.1, 0.15) is 17.1 Å². The minimum Gasteiger partial charge on any atom is -0.497 e. The van der Waals surface area contributed by atoms with Crippen molar-refractivity contribution < 1.29 is 23.5 Å². The molecule has 4 rings (SSSR count). The lowest BCUT2D eigenvalue weighted by Gasteiger charge is -2.10. The van der Waals surface area contributed by atoms with Crippen molar-refractivity contribution in [3.05, 3.63) is 94.1 Å². The summed E-state index contributed by atoms with van der Waals surface area (Å²) in [5.74, 6) is -0.0482. The molecule has 0 fully saturated rings. The van der Waals surface area contributed by atoms with E-state index < -0.39 is 11.9 Å². The van der Waals surface area contributed by atoms with E-state index in [0.29, 0.717) is 33.7 Å². The molecule has 1 heterocycles. The first-order valence-corrected chi connectivity index (χ1v) is 9.71. The normalized spacial score (nSPS) is 10.6. The van der Waals surface area contributed by atoms with Gasteiger partial charge < -0.3 is 19.2 Å². The van der Waals surface area contributed by atoms with Gasteiger partial charge in [-0.1, -0.05) is 12.1 Å². The van der Waals surface area contributed by atoms with Crippen molar-refractivity contribution in [3.63, 3.8) is 0 Å². The molecule has 0 bridgehead atoms. The zero-order valence-corrected chi connectivity index (χ0v) is 17.4. The van der Waals surface area contributed by atoms with E-state index in [-0.39, 0.29) is 16.6 Å². The average molecular weight is 429 g/mol. The van der Waals surface area contributed by atoms with Crippen molar-refractivity contribution in [2.24, 2.45) is 0 Å². The third kappa shape index (κ3) is 4.09. The van der Waals surface area contributed by atoms with E-state index in [0.717, 1.165) is 0 Å². The molecule has 1 N–H and O–H groups in total. The number of methoxy groups -OCH3 is 2. The van der Waals surface area contributed by atoms with Gasteiger partial charge in [-0.15, -0.1) is 0 Å². The second kappa shape index (κ2) is 8.77. The van der Waals surface area contributed by atoms with Crippen molar-refractivity contribution in [2.45, 2.75) is 0 Å². The smallest absolute Gasteiger partial charge is 0.338 e. The van der Waals surface area contributed by atoms with Gasteiger partial charge in [0.15, 0.2) is 5.43 Å². The fraction of sp³-hybridized carbons (Fsp3) is 0.0800. The topological polar surface area (TPSA) is 94.8 Å². The van der Waals surface area contributed by atoms with Crippen LogP contribution in [0.25, 0.3) is 22.3 Å². The van der Waals surface area contributed by atoms with Crippen LogP contribution in [0.1, 0.15) is 20.7 Å². The first-order chi connectivity index (χ1) is 15.5. The lowest BCUT2D eigenvalue weighted by Crippen LogP contribution is -2.17. The van der Waals surface area contributed by atoms with Crippen molar-refractivity contribution in [1.82, 2.24) is 0 Å². The molecule has 160 valence electrons. The van der Waals surface area contributed by atoms with Crippen LogP contribution >= 0.6 is 0 Å². The molecule has 1 aromatic heterocycles. The Labute approximate surface area is 183 Å². The first-order valence-electron chi connectivity index (χ1n) is 9.71. The molecule has 0 aliphatic carbocycles. The second-order valence-corrected chi connectivity index (χ2v) is 6.91. The van der Waals surface area contributed by atoms with Crippen LogP contribution in [-0.4, -0.2) is 26.1 Å². The predicted molar refractivity (Wildman–Crippen MR) is 120 cm³/mol. The number of esters is 1. The fourth-order valence-corrected chi connectivity index (χ4v) is 3.29. The number of hydrogen-bond donors (Lipinski definition) is 1. The summed E-state index contributed by atoms with van der Waals surface area (Å²) < 4.78 is 15.8. The molecule has 32 heavy (non-hydrogen) atoms. The Kier molecular flexibility index (Phi) is 5.72. The van der Waals surface area contributed by atoms with Crippen LogP contribution in [0.4, 0.5) is 5.69 Å². The maximum atomic E-state index is 12.7. The van der Waals surface area contributed by atoms with Gasteiger partial charge in [0, 0.05) is 17.3 Å². The van der Waals surface area contributed by atoms with Gasteiger partial charge in [0.2, 0.25) is 0 Å². The number of carbonyl (C=O) groups excluding carboxylic acids is 2. The summed E-state index contributed by atoms with van der Waals surface area (Å²) in [7, 11) is 2.79. The summed E-state index contributed by atoms with van der Waals surface area (Å²) >= 11 is 0. The molecule has 0 spiro atoms. The Morgan fingerprint density at radius 1 is 0.875 bits per heavy atom. The molecule has 0 aliphatic rings. The van der Waals surface area contributed by atoms with Crippen LogP contribution in [0.5, 0.6) is 5.75 Å². The van der Waals surface area contributed by atoms with Gasteiger partial charge in [-0.05, 0) is 54.6 Å². The summed E-state index contributed by atoms with van der Waals surface area (Å²) in [5.41, 5.74) is 1.85. The lowest BCUT2D eigenvalue weighted by molar-refractivity contribution is 0.0597. The molecule has 0 radical (unpaired) electrons. The molecule has 4 aromatic rings. The molecule has 0 aliphatic heterocycles. The van der Waals surface area contributed by atoms with E-state index >= 15 is 0 Å². The van der Waals surface area contributed by atoms with Gasteiger partial charge in [-0.3, -0.25) is 9.59 Å². The van der Waals surface area contributed by atoms with Crippen molar-refractivity contribution in [2.75, 3.05) is 19.5 Å². The molecule has 3 aromatic carbocycles. The molecule has 0 atom stereocenters. The molecular weight excluding hydrogens is 410 g/mol. The summed E-state index contributed by atoms with van der Waals surface area (Å²) in [6, 6.07) is 19.7.